The maximum absolute atomic E-state index is 5.75. The van der Waals surface area contributed by atoms with Crippen LogP contribution in [-0.4, -0.2) is 50.3 Å². The Labute approximate surface area is 90.8 Å². The van der Waals surface area contributed by atoms with Gasteiger partial charge in [-0.15, -0.1) is 0 Å². The minimum Gasteiger partial charge on any atom is -0.373 e. The third-order valence-electron chi connectivity index (χ3n) is 2.79. The van der Waals surface area contributed by atoms with E-state index < -0.39 is 0 Å². The molecule has 0 aromatic carbocycles. The number of fused-ring (bicyclic) bond motifs is 1. The van der Waals surface area contributed by atoms with Gasteiger partial charge in [-0.3, -0.25) is 0 Å². The van der Waals surface area contributed by atoms with Gasteiger partial charge in [-0.25, -0.2) is 0 Å². The summed E-state index contributed by atoms with van der Waals surface area (Å²) in [7, 11) is 0. The van der Waals surface area contributed by atoms with Crippen LogP contribution < -0.4 is 0 Å². The van der Waals surface area contributed by atoms with Gasteiger partial charge in [0, 0.05) is 6.61 Å². The molecule has 0 aromatic rings. The molecule has 0 aliphatic carbocycles. The first-order chi connectivity index (χ1) is 7.22. The van der Waals surface area contributed by atoms with Crippen molar-refractivity contribution in [1.29, 1.82) is 0 Å². The normalized spacial score (nSPS) is 40.0. The van der Waals surface area contributed by atoms with Gasteiger partial charge in [0.1, 0.15) is 24.4 Å². The van der Waals surface area contributed by atoms with Gasteiger partial charge < -0.3 is 18.9 Å². The third-order valence-corrected chi connectivity index (χ3v) is 2.79. The Hall–Kier alpha value is -0.160. The molecule has 0 spiro atoms. The van der Waals surface area contributed by atoms with Crippen LogP contribution in [0, 0.1) is 0 Å². The van der Waals surface area contributed by atoms with Crippen LogP contribution in [-0.2, 0) is 18.9 Å². The maximum atomic E-state index is 5.75. The van der Waals surface area contributed by atoms with Gasteiger partial charge in [0.15, 0.2) is 0 Å². The molecule has 2 heterocycles. The molecular formula is C11H20O4. The van der Waals surface area contributed by atoms with Crippen LogP contribution in [0.15, 0.2) is 0 Å². The molecule has 2 fully saturated rings. The number of hydrogen-bond donors (Lipinski definition) is 0. The quantitative estimate of drug-likeness (QED) is 0.702. The summed E-state index contributed by atoms with van der Waals surface area (Å²) >= 11 is 0. The zero-order chi connectivity index (χ0) is 10.8. The molecular weight excluding hydrogens is 196 g/mol. The van der Waals surface area contributed by atoms with Gasteiger partial charge in [-0.2, -0.15) is 0 Å². The van der Waals surface area contributed by atoms with Crippen molar-refractivity contribution in [3.8, 4) is 0 Å². The zero-order valence-corrected chi connectivity index (χ0v) is 9.64. The molecule has 4 nitrogen and oxygen atoms in total. The highest BCUT2D eigenvalue weighted by Gasteiger charge is 2.48. The summed E-state index contributed by atoms with van der Waals surface area (Å²) in [5.74, 6) is 0. The van der Waals surface area contributed by atoms with Crippen LogP contribution in [0.3, 0.4) is 0 Å². The Morgan fingerprint density at radius 2 is 1.73 bits per heavy atom. The molecule has 0 bridgehead atoms. The lowest BCUT2D eigenvalue weighted by molar-refractivity contribution is -0.0657. The minimum absolute atomic E-state index is 0.0592. The Kier molecular flexibility index (Phi) is 3.61. The van der Waals surface area contributed by atoms with E-state index in [0.717, 1.165) is 0 Å². The molecule has 0 aromatic heterocycles. The first kappa shape index (κ1) is 11.3. The average Bonchev–Trinajstić information content (AvgIpc) is 2.71. The lowest BCUT2D eigenvalue weighted by Crippen LogP contribution is -2.35. The fourth-order valence-electron chi connectivity index (χ4n) is 2.25. The second-order valence-corrected chi connectivity index (χ2v) is 4.31. The molecule has 2 aliphatic rings. The van der Waals surface area contributed by atoms with Gasteiger partial charge >= 0.3 is 0 Å². The third kappa shape index (κ3) is 2.33. The van der Waals surface area contributed by atoms with E-state index in [2.05, 4.69) is 0 Å². The SMILES string of the molecule is CCO[C@H]1CO[C@@H]2[C@H]1OC[C@H]2OC(C)C. The lowest BCUT2D eigenvalue weighted by Gasteiger charge is -2.19. The first-order valence-electron chi connectivity index (χ1n) is 5.72. The Bertz CT molecular complexity index is 207. The molecule has 15 heavy (non-hydrogen) atoms. The van der Waals surface area contributed by atoms with Crippen molar-refractivity contribution in [3.05, 3.63) is 0 Å². The minimum atomic E-state index is 0.0592. The van der Waals surface area contributed by atoms with Crippen molar-refractivity contribution in [2.75, 3.05) is 19.8 Å². The summed E-state index contributed by atoms with van der Waals surface area (Å²) in [6.07, 6.45) is 0.492. The second-order valence-electron chi connectivity index (χ2n) is 4.31. The van der Waals surface area contributed by atoms with E-state index >= 15 is 0 Å². The summed E-state index contributed by atoms with van der Waals surface area (Å²) < 4.78 is 22.7. The van der Waals surface area contributed by atoms with Gasteiger partial charge in [0.25, 0.3) is 0 Å². The molecule has 0 N–H and O–H groups in total. The molecule has 0 amide bonds. The highest BCUT2D eigenvalue weighted by atomic mass is 16.6. The smallest absolute Gasteiger partial charge is 0.115 e. The monoisotopic (exact) mass is 216 g/mol. The summed E-state index contributed by atoms with van der Waals surface area (Å²) in [5, 5.41) is 0. The Balaban J connectivity index is 1.90. The second kappa shape index (κ2) is 4.78. The molecule has 88 valence electrons. The first-order valence-corrected chi connectivity index (χ1v) is 5.72. The molecule has 0 unspecified atom stereocenters. The number of ether oxygens (including phenoxy) is 4. The zero-order valence-electron chi connectivity index (χ0n) is 9.64. The predicted octanol–water partition coefficient (Wildman–Crippen LogP) is 0.983. The highest BCUT2D eigenvalue weighted by molar-refractivity contribution is 4.95. The molecule has 4 heteroatoms. The van der Waals surface area contributed by atoms with E-state index in [4.69, 9.17) is 18.9 Å². The van der Waals surface area contributed by atoms with E-state index in [1.807, 2.05) is 20.8 Å². The summed E-state index contributed by atoms with van der Waals surface area (Å²) in [4.78, 5) is 0. The van der Waals surface area contributed by atoms with Crippen molar-refractivity contribution in [2.45, 2.75) is 51.3 Å². The van der Waals surface area contributed by atoms with Crippen LogP contribution in [0.4, 0.5) is 0 Å². The summed E-state index contributed by atoms with van der Waals surface area (Å²) in [5.41, 5.74) is 0. The van der Waals surface area contributed by atoms with Gasteiger partial charge in [-0.05, 0) is 20.8 Å². The van der Waals surface area contributed by atoms with Gasteiger partial charge in [0.2, 0.25) is 0 Å². The average molecular weight is 216 g/mol. The largest absolute Gasteiger partial charge is 0.373 e. The highest BCUT2D eigenvalue weighted by Crippen LogP contribution is 2.30. The van der Waals surface area contributed by atoms with Crippen molar-refractivity contribution >= 4 is 0 Å². The molecule has 4 atom stereocenters. The molecule has 0 radical (unpaired) electrons. The van der Waals surface area contributed by atoms with Crippen LogP contribution in [0.25, 0.3) is 0 Å². The van der Waals surface area contributed by atoms with Crippen LogP contribution in [0.1, 0.15) is 20.8 Å². The standard InChI is InChI=1S/C11H20O4/c1-4-12-8-5-13-11-9(15-7(2)3)6-14-10(8)11/h7-11H,4-6H2,1-3H3/t8-,9+,10-,11-/m0/s1. The van der Waals surface area contributed by atoms with Crippen molar-refractivity contribution < 1.29 is 18.9 Å². The van der Waals surface area contributed by atoms with Gasteiger partial charge in [-0.1, -0.05) is 0 Å². The fraction of sp³-hybridized carbons (Fsp3) is 1.00. The number of rotatable bonds is 4. The number of hydrogen-bond acceptors (Lipinski definition) is 4. The van der Waals surface area contributed by atoms with E-state index in [0.29, 0.717) is 19.8 Å². The Morgan fingerprint density at radius 3 is 2.33 bits per heavy atom. The Morgan fingerprint density at radius 1 is 1.13 bits per heavy atom. The topological polar surface area (TPSA) is 36.9 Å². The van der Waals surface area contributed by atoms with E-state index in [9.17, 15) is 0 Å². The molecule has 2 aliphatic heterocycles. The summed E-state index contributed by atoms with van der Waals surface area (Å²) in [6, 6.07) is 0. The van der Waals surface area contributed by atoms with E-state index in [-0.39, 0.29) is 30.5 Å². The lowest BCUT2D eigenvalue weighted by atomic mass is 10.1. The van der Waals surface area contributed by atoms with Gasteiger partial charge in [0.05, 0.1) is 19.3 Å². The van der Waals surface area contributed by atoms with Crippen LogP contribution in [0.5, 0.6) is 0 Å². The molecule has 2 rings (SSSR count). The fourth-order valence-corrected chi connectivity index (χ4v) is 2.25. The van der Waals surface area contributed by atoms with E-state index in [1.54, 1.807) is 0 Å². The van der Waals surface area contributed by atoms with Crippen molar-refractivity contribution in [3.63, 3.8) is 0 Å². The molecule has 2 saturated heterocycles. The predicted molar refractivity (Wildman–Crippen MR) is 54.9 cm³/mol. The van der Waals surface area contributed by atoms with E-state index in [1.165, 1.54) is 0 Å². The maximum Gasteiger partial charge on any atom is 0.115 e. The van der Waals surface area contributed by atoms with Crippen molar-refractivity contribution in [1.82, 2.24) is 0 Å². The molecule has 0 saturated carbocycles. The van der Waals surface area contributed by atoms with Crippen molar-refractivity contribution in [2.24, 2.45) is 0 Å². The summed E-state index contributed by atoms with van der Waals surface area (Å²) in [6.45, 7) is 8.00. The van der Waals surface area contributed by atoms with Crippen LogP contribution in [0.2, 0.25) is 0 Å². The van der Waals surface area contributed by atoms with Crippen LogP contribution >= 0.6 is 0 Å².